The summed E-state index contributed by atoms with van der Waals surface area (Å²) < 4.78 is 17.3. The molecule has 0 radical (unpaired) electrons. The van der Waals surface area contributed by atoms with Crippen molar-refractivity contribution in [3.8, 4) is 0 Å². The fraction of sp³-hybridized carbons (Fsp3) is 0.143. The number of pyridine rings is 1. The third-order valence-corrected chi connectivity index (χ3v) is 1.49. The number of esters is 1. The summed E-state index contributed by atoms with van der Waals surface area (Å²) >= 11 is 0. The third kappa shape index (κ3) is 1.51. The highest BCUT2D eigenvalue weighted by Gasteiger charge is 2.18. The summed E-state index contributed by atoms with van der Waals surface area (Å²) in [6.45, 7) is 0. The average Bonchev–Trinajstić information content (AvgIpc) is 2.12. The molecule has 0 saturated carbocycles. The average molecular weight is 185 g/mol. The SMILES string of the molecule is COC(=O)c1c(F)cnc(N)c1N. The van der Waals surface area contributed by atoms with E-state index in [1.54, 1.807) is 0 Å². The van der Waals surface area contributed by atoms with Gasteiger partial charge in [0.25, 0.3) is 0 Å². The second-order valence-electron chi connectivity index (χ2n) is 2.27. The Morgan fingerprint density at radius 1 is 1.62 bits per heavy atom. The Morgan fingerprint density at radius 2 is 2.23 bits per heavy atom. The van der Waals surface area contributed by atoms with Gasteiger partial charge >= 0.3 is 5.97 Å². The maximum atomic E-state index is 13.0. The van der Waals surface area contributed by atoms with Crippen molar-refractivity contribution in [1.29, 1.82) is 0 Å². The van der Waals surface area contributed by atoms with E-state index < -0.39 is 11.8 Å². The molecule has 0 fully saturated rings. The van der Waals surface area contributed by atoms with Crippen LogP contribution in [0.1, 0.15) is 10.4 Å². The Hall–Kier alpha value is -1.85. The summed E-state index contributed by atoms with van der Waals surface area (Å²) in [5.41, 5.74) is 10.0. The van der Waals surface area contributed by atoms with E-state index in [4.69, 9.17) is 11.5 Å². The first kappa shape index (κ1) is 9.24. The second kappa shape index (κ2) is 3.26. The van der Waals surface area contributed by atoms with Gasteiger partial charge in [-0.3, -0.25) is 0 Å². The van der Waals surface area contributed by atoms with E-state index >= 15 is 0 Å². The molecule has 70 valence electrons. The van der Waals surface area contributed by atoms with Crippen LogP contribution in [0, 0.1) is 5.82 Å². The van der Waals surface area contributed by atoms with Gasteiger partial charge in [-0.1, -0.05) is 0 Å². The van der Waals surface area contributed by atoms with Crippen molar-refractivity contribution in [3.63, 3.8) is 0 Å². The van der Waals surface area contributed by atoms with Gasteiger partial charge in [0.2, 0.25) is 0 Å². The van der Waals surface area contributed by atoms with Gasteiger partial charge in [0.1, 0.15) is 11.4 Å². The van der Waals surface area contributed by atoms with Crippen LogP contribution in [-0.2, 0) is 4.74 Å². The lowest BCUT2D eigenvalue weighted by atomic mass is 10.2. The zero-order valence-corrected chi connectivity index (χ0v) is 6.87. The normalized spacial score (nSPS) is 9.69. The van der Waals surface area contributed by atoms with Crippen LogP contribution < -0.4 is 11.5 Å². The molecular weight excluding hydrogens is 177 g/mol. The predicted molar refractivity (Wildman–Crippen MR) is 44.4 cm³/mol. The molecule has 1 heterocycles. The number of halogens is 1. The first-order valence-corrected chi connectivity index (χ1v) is 3.35. The Labute approximate surface area is 73.5 Å². The lowest BCUT2D eigenvalue weighted by molar-refractivity contribution is 0.0596. The molecule has 1 aromatic heterocycles. The van der Waals surface area contributed by atoms with Crippen LogP contribution in [0.15, 0.2) is 6.20 Å². The number of ether oxygens (including phenoxy) is 1. The number of aromatic nitrogens is 1. The van der Waals surface area contributed by atoms with Crippen LogP contribution in [0.4, 0.5) is 15.9 Å². The summed E-state index contributed by atoms with van der Waals surface area (Å²) in [5.74, 6) is -1.82. The first-order valence-electron chi connectivity index (χ1n) is 3.35. The molecule has 0 aliphatic carbocycles. The Morgan fingerprint density at radius 3 is 2.77 bits per heavy atom. The van der Waals surface area contributed by atoms with E-state index in [2.05, 4.69) is 9.72 Å². The molecule has 6 heteroatoms. The fourth-order valence-corrected chi connectivity index (χ4v) is 0.827. The van der Waals surface area contributed by atoms with E-state index in [0.29, 0.717) is 0 Å². The molecule has 0 spiro atoms. The molecular formula is C7H8FN3O2. The molecule has 0 bridgehead atoms. The number of anilines is 2. The molecule has 1 rings (SSSR count). The zero-order chi connectivity index (χ0) is 10.0. The minimum absolute atomic E-state index is 0.0956. The monoisotopic (exact) mass is 185 g/mol. The highest BCUT2D eigenvalue weighted by atomic mass is 19.1. The van der Waals surface area contributed by atoms with E-state index in [1.807, 2.05) is 0 Å². The van der Waals surface area contributed by atoms with E-state index in [0.717, 1.165) is 13.3 Å². The van der Waals surface area contributed by atoms with E-state index in [1.165, 1.54) is 0 Å². The second-order valence-corrected chi connectivity index (χ2v) is 2.27. The molecule has 0 aromatic carbocycles. The van der Waals surface area contributed by atoms with Crippen LogP contribution in [-0.4, -0.2) is 18.1 Å². The Bertz CT molecular complexity index is 354. The van der Waals surface area contributed by atoms with Crippen molar-refractivity contribution in [2.24, 2.45) is 0 Å². The summed E-state index contributed by atoms with van der Waals surface area (Å²) in [4.78, 5) is 14.4. The molecule has 5 nitrogen and oxygen atoms in total. The van der Waals surface area contributed by atoms with Gasteiger partial charge in [-0.2, -0.15) is 0 Å². The molecule has 1 aromatic rings. The van der Waals surface area contributed by atoms with Crippen molar-refractivity contribution in [3.05, 3.63) is 17.6 Å². The molecule has 0 amide bonds. The summed E-state index contributed by atoms with van der Waals surface area (Å²) in [7, 11) is 1.12. The minimum atomic E-state index is -0.871. The van der Waals surface area contributed by atoms with Gasteiger partial charge in [0, 0.05) is 0 Å². The highest BCUT2D eigenvalue weighted by Crippen LogP contribution is 2.20. The van der Waals surface area contributed by atoms with Crippen molar-refractivity contribution in [2.75, 3.05) is 18.6 Å². The minimum Gasteiger partial charge on any atom is -0.465 e. The standard InChI is InChI=1S/C7H8FN3O2/c1-13-7(12)4-3(8)2-11-6(10)5(4)9/h2H,9H2,1H3,(H2,10,11). The summed E-state index contributed by atoms with van der Waals surface area (Å²) in [5, 5.41) is 0. The number of hydrogen-bond acceptors (Lipinski definition) is 5. The van der Waals surface area contributed by atoms with Crippen molar-refractivity contribution < 1.29 is 13.9 Å². The van der Waals surface area contributed by atoms with Crippen LogP contribution in [0.25, 0.3) is 0 Å². The number of carbonyl (C=O) groups excluding carboxylic acids is 1. The van der Waals surface area contributed by atoms with Crippen LogP contribution in [0.2, 0.25) is 0 Å². The lowest BCUT2D eigenvalue weighted by Gasteiger charge is -2.05. The first-order chi connectivity index (χ1) is 6.07. The molecule has 0 atom stereocenters. The van der Waals surface area contributed by atoms with E-state index in [-0.39, 0.29) is 17.1 Å². The largest absolute Gasteiger partial charge is 0.465 e. The number of nitrogens with two attached hydrogens (primary N) is 2. The van der Waals surface area contributed by atoms with Gasteiger partial charge in [0.05, 0.1) is 19.0 Å². The van der Waals surface area contributed by atoms with Crippen LogP contribution in [0.5, 0.6) is 0 Å². The topological polar surface area (TPSA) is 91.2 Å². The van der Waals surface area contributed by atoms with Crippen molar-refractivity contribution in [2.45, 2.75) is 0 Å². The number of rotatable bonds is 1. The Balaban J connectivity index is 3.33. The molecule has 0 unspecified atom stereocenters. The smallest absolute Gasteiger partial charge is 0.343 e. The highest BCUT2D eigenvalue weighted by molar-refractivity contribution is 5.97. The lowest BCUT2D eigenvalue weighted by Crippen LogP contribution is -2.11. The summed E-state index contributed by atoms with van der Waals surface area (Å²) in [6.07, 6.45) is 0.817. The maximum absolute atomic E-state index is 13.0. The number of nitrogen functional groups attached to an aromatic ring is 2. The van der Waals surface area contributed by atoms with Gasteiger partial charge in [0.15, 0.2) is 5.82 Å². The third-order valence-electron chi connectivity index (χ3n) is 1.49. The maximum Gasteiger partial charge on any atom is 0.343 e. The number of methoxy groups -OCH3 is 1. The van der Waals surface area contributed by atoms with Gasteiger partial charge in [-0.25, -0.2) is 14.2 Å². The molecule has 0 aliphatic heterocycles. The van der Waals surface area contributed by atoms with Crippen LogP contribution >= 0.6 is 0 Å². The van der Waals surface area contributed by atoms with Crippen LogP contribution in [0.3, 0.4) is 0 Å². The van der Waals surface area contributed by atoms with Gasteiger partial charge < -0.3 is 16.2 Å². The number of carbonyl (C=O) groups is 1. The molecule has 0 aliphatic rings. The molecule has 13 heavy (non-hydrogen) atoms. The fourth-order valence-electron chi connectivity index (χ4n) is 0.827. The zero-order valence-electron chi connectivity index (χ0n) is 6.87. The number of nitrogens with zero attached hydrogens (tertiary/aromatic N) is 1. The van der Waals surface area contributed by atoms with E-state index in [9.17, 15) is 9.18 Å². The quantitative estimate of drug-likeness (QED) is 0.608. The van der Waals surface area contributed by atoms with Gasteiger partial charge in [-0.05, 0) is 0 Å². The Kier molecular flexibility index (Phi) is 2.32. The van der Waals surface area contributed by atoms with Crippen molar-refractivity contribution >= 4 is 17.5 Å². The number of hydrogen-bond donors (Lipinski definition) is 2. The molecule has 0 saturated heterocycles. The molecule has 4 N–H and O–H groups in total. The summed E-state index contributed by atoms with van der Waals surface area (Å²) in [6, 6.07) is 0. The predicted octanol–water partition coefficient (Wildman–Crippen LogP) is 0.172. The van der Waals surface area contributed by atoms with Crippen molar-refractivity contribution in [1.82, 2.24) is 4.98 Å². The van der Waals surface area contributed by atoms with Gasteiger partial charge in [-0.15, -0.1) is 0 Å².